The first-order chi connectivity index (χ1) is 14.4. The smallest absolute Gasteiger partial charge is 0.284 e. The second kappa shape index (κ2) is 9.48. The topological polar surface area (TPSA) is 112 Å². The Hall–Kier alpha value is -3.28. The van der Waals surface area contributed by atoms with E-state index in [4.69, 9.17) is 9.47 Å². The lowest BCUT2D eigenvalue weighted by Gasteiger charge is -2.11. The van der Waals surface area contributed by atoms with Crippen LogP contribution in [-0.2, 0) is 14.8 Å². The van der Waals surface area contributed by atoms with Gasteiger partial charge in [-0.05, 0) is 48.5 Å². The highest BCUT2D eigenvalue weighted by Crippen LogP contribution is 2.16. The first-order valence-electron chi connectivity index (χ1n) is 8.73. The van der Waals surface area contributed by atoms with Gasteiger partial charge in [0.05, 0.1) is 24.0 Å². The largest absolute Gasteiger partial charge is 0.491 e. The van der Waals surface area contributed by atoms with Crippen LogP contribution in [0.15, 0.2) is 66.0 Å². The van der Waals surface area contributed by atoms with Crippen molar-refractivity contribution in [3.05, 3.63) is 72.6 Å². The quantitative estimate of drug-likeness (QED) is 0.391. The summed E-state index contributed by atoms with van der Waals surface area (Å²) in [4.78, 5) is 18.3. The average Bonchev–Trinajstić information content (AvgIpc) is 3.23. The van der Waals surface area contributed by atoms with Crippen molar-refractivity contribution < 1.29 is 27.1 Å². The molecule has 0 radical (unpaired) electrons. The Balaban J connectivity index is 1.66. The van der Waals surface area contributed by atoms with Crippen LogP contribution in [0.3, 0.4) is 0 Å². The Bertz CT molecular complexity index is 1100. The maximum atomic E-state index is 13.1. The SMILES string of the molecule is COCCOc1ccc(S(=O)(=O)NNC(=O)c2cncn2-c2ccc(F)cc2)cc1. The van der Waals surface area contributed by atoms with E-state index < -0.39 is 21.7 Å². The molecule has 1 heterocycles. The lowest BCUT2D eigenvalue weighted by molar-refractivity contribution is 0.0938. The normalized spacial score (nSPS) is 11.3. The van der Waals surface area contributed by atoms with Gasteiger partial charge in [0.2, 0.25) is 0 Å². The third-order valence-electron chi connectivity index (χ3n) is 3.97. The lowest BCUT2D eigenvalue weighted by atomic mass is 10.3. The van der Waals surface area contributed by atoms with Crippen molar-refractivity contribution >= 4 is 15.9 Å². The van der Waals surface area contributed by atoms with Gasteiger partial charge in [0.1, 0.15) is 23.9 Å². The standard InChI is InChI=1S/C19H19FN4O5S/c1-28-10-11-29-16-6-8-17(9-7-16)30(26,27)23-22-19(25)18-12-21-13-24(18)15-4-2-14(20)3-5-15/h2-9,12-13,23H,10-11H2,1H3,(H,22,25). The molecule has 1 amide bonds. The van der Waals surface area contributed by atoms with Crippen LogP contribution in [0.1, 0.15) is 10.5 Å². The van der Waals surface area contributed by atoms with E-state index in [2.05, 4.69) is 10.4 Å². The van der Waals surface area contributed by atoms with Crippen LogP contribution >= 0.6 is 0 Å². The molecule has 2 aromatic carbocycles. The molecular formula is C19H19FN4O5S. The second-order valence-electron chi connectivity index (χ2n) is 6.00. The Morgan fingerprint density at radius 1 is 1.10 bits per heavy atom. The van der Waals surface area contributed by atoms with Crippen LogP contribution in [0.2, 0.25) is 0 Å². The highest BCUT2D eigenvalue weighted by atomic mass is 32.2. The average molecular weight is 434 g/mol. The summed E-state index contributed by atoms with van der Waals surface area (Å²) in [6, 6.07) is 11.1. The summed E-state index contributed by atoms with van der Waals surface area (Å²) >= 11 is 0. The zero-order valence-electron chi connectivity index (χ0n) is 15.9. The molecule has 2 N–H and O–H groups in total. The Morgan fingerprint density at radius 2 is 1.80 bits per heavy atom. The van der Waals surface area contributed by atoms with Crippen LogP contribution in [0, 0.1) is 5.82 Å². The number of hydrazine groups is 1. The zero-order valence-corrected chi connectivity index (χ0v) is 16.7. The number of halogens is 1. The molecule has 0 fully saturated rings. The van der Waals surface area contributed by atoms with Crippen LogP contribution in [0.4, 0.5) is 4.39 Å². The third kappa shape index (κ3) is 5.20. The highest BCUT2D eigenvalue weighted by molar-refractivity contribution is 7.89. The number of hydrogen-bond donors (Lipinski definition) is 2. The number of amides is 1. The molecule has 0 bridgehead atoms. The van der Waals surface area contributed by atoms with E-state index in [1.54, 1.807) is 7.11 Å². The summed E-state index contributed by atoms with van der Waals surface area (Å²) in [6.45, 7) is 0.737. The first kappa shape index (κ1) is 21.4. The number of benzene rings is 2. The maximum Gasteiger partial charge on any atom is 0.284 e. The number of hydrogen-bond acceptors (Lipinski definition) is 6. The number of aromatic nitrogens is 2. The number of carbonyl (C=O) groups is 1. The fourth-order valence-corrected chi connectivity index (χ4v) is 3.30. The molecule has 3 rings (SSSR count). The molecule has 0 saturated carbocycles. The lowest BCUT2D eigenvalue weighted by Crippen LogP contribution is -2.42. The number of carbonyl (C=O) groups excluding carboxylic acids is 1. The van der Waals surface area contributed by atoms with E-state index in [9.17, 15) is 17.6 Å². The van der Waals surface area contributed by atoms with Gasteiger partial charge in [-0.25, -0.2) is 17.8 Å². The van der Waals surface area contributed by atoms with Crippen molar-refractivity contribution in [3.8, 4) is 11.4 Å². The van der Waals surface area contributed by atoms with Crippen LogP contribution in [0.5, 0.6) is 5.75 Å². The molecule has 1 aromatic heterocycles. The van der Waals surface area contributed by atoms with E-state index in [1.165, 1.54) is 65.6 Å². The van der Waals surface area contributed by atoms with E-state index >= 15 is 0 Å². The van der Waals surface area contributed by atoms with E-state index in [0.29, 0.717) is 24.7 Å². The number of sulfonamides is 1. The molecule has 3 aromatic rings. The number of nitrogens with zero attached hydrogens (tertiary/aromatic N) is 2. The van der Waals surface area contributed by atoms with Gasteiger partial charge in [-0.2, -0.15) is 0 Å². The molecule has 0 aliphatic heterocycles. The van der Waals surface area contributed by atoms with Crippen molar-refractivity contribution in [2.75, 3.05) is 20.3 Å². The summed E-state index contributed by atoms with van der Waals surface area (Å²) < 4.78 is 49.6. The Morgan fingerprint density at radius 3 is 2.47 bits per heavy atom. The van der Waals surface area contributed by atoms with Crippen LogP contribution in [0.25, 0.3) is 5.69 Å². The van der Waals surface area contributed by atoms with Crippen molar-refractivity contribution in [1.29, 1.82) is 0 Å². The minimum atomic E-state index is -4.01. The van der Waals surface area contributed by atoms with Crippen LogP contribution in [-0.4, -0.2) is 44.2 Å². The summed E-state index contributed by atoms with van der Waals surface area (Å²) in [5.41, 5.74) is 2.70. The number of rotatable bonds is 9. The van der Waals surface area contributed by atoms with Gasteiger partial charge in [-0.3, -0.25) is 14.8 Å². The van der Waals surface area contributed by atoms with Crippen molar-refractivity contribution in [1.82, 2.24) is 19.8 Å². The molecule has 0 atom stereocenters. The predicted octanol–water partition coefficient (Wildman–Crippen LogP) is 1.66. The zero-order chi connectivity index (χ0) is 21.6. The van der Waals surface area contributed by atoms with E-state index in [1.807, 2.05) is 4.83 Å². The molecule has 0 unspecified atom stereocenters. The van der Waals surface area contributed by atoms with Crippen molar-refractivity contribution in [3.63, 3.8) is 0 Å². The van der Waals surface area contributed by atoms with Crippen molar-refractivity contribution in [2.45, 2.75) is 4.90 Å². The van der Waals surface area contributed by atoms with Crippen molar-refractivity contribution in [2.24, 2.45) is 0 Å². The monoisotopic (exact) mass is 434 g/mol. The number of nitrogens with one attached hydrogen (secondary N) is 2. The maximum absolute atomic E-state index is 13.1. The number of methoxy groups -OCH3 is 1. The number of ether oxygens (including phenoxy) is 2. The highest BCUT2D eigenvalue weighted by Gasteiger charge is 2.18. The second-order valence-corrected chi connectivity index (χ2v) is 7.68. The molecule has 11 heteroatoms. The summed E-state index contributed by atoms with van der Waals surface area (Å²) in [5, 5.41) is 0. The summed E-state index contributed by atoms with van der Waals surface area (Å²) in [5.74, 6) is -0.675. The van der Waals surface area contributed by atoms with E-state index in [0.717, 1.165) is 0 Å². The molecule has 0 spiro atoms. The molecule has 30 heavy (non-hydrogen) atoms. The fourth-order valence-electron chi connectivity index (χ4n) is 2.46. The first-order valence-corrected chi connectivity index (χ1v) is 10.2. The van der Waals surface area contributed by atoms with Gasteiger partial charge >= 0.3 is 0 Å². The Labute approximate surface area is 172 Å². The molecule has 9 nitrogen and oxygen atoms in total. The third-order valence-corrected chi connectivity index (χ3v) is 5.23. The van der Waals surface area contributed by atoms with Gasteiger partial charge in [-0.1, -0.05) is 0 Å². The molecule has 0 aliphatic carbocycles. The minimum Gasteiger partial charge on any atom is -0.491 e. The molecule has 158 valence electrons. The van der Waals surface area contributed by atoms with Gasteiger partial charge in [-0.15, -0.1) is 4.83 Å². The molecule has 0 saturated heterocycles. The Kier molecular flexibility index (Phi) is 6.77. The van der Waals surface area contributed by atoms with Gasteiger partial charge in [0.25, 0.3) is 15.9 Å². The molecular weight excluding hydrogens is 415 g/mol. The van der Waals surface area contributed by atoms with Gasteiger partial charge in [0.15, 0.2) is 0 Å². The predicted molar refractivity (Wildman–Crippen MR) is 105 cm³/mol. The van der Waals surface area contributed by atoms with Crippen LogP contribution < -0.4 is 15.0 Å². The fraction of sp³-hybridized carbons (Fsp3) is 0.158. The van der Waals surface area contributed by atoms with Gasteiger partial charge in [0, 0.05) is 12.8 Å². The minimum absolute atomic E-state index is 0.0612. The number of imidazole rings is 1. The van der Waals surface area contributed by atoms with Gasteiger partial charge < -0.3 is 9.47 Å². The van der Waals surface area contributed by atoms with E-state index in [-0.39, 0.29) is 10.6 Å². The molecule has 0 aliphatic rings. The summed E-state index contributed by atoms with van der Waals surface area (Å²) in [6.07, 6.45) is 2.62. The summed E-state index contributed by atoms with van der Waals surface area (Å²) in [7, 11) is -2.47.